The molecule has 196 valence electrons. The predicted molar refractivity (Wildman–Crippen MR) is 153 cm³/mol. The Bertz CT molecular complexity index is 1140. The normalized spacial score (nSPS) is 17.4. The standard InChI is InChI=1S/C33H40ClNO2/c1-24(2)23-31(35)32(36)37-33(27-15-9-6-10-16-27,29-17-11-12-18-30(29)34)28-21-19-26(20-22-28)25-13-7-4-3-5-8-14-25/h6,9-12,15-22,24-25,31H,3-5,7-8,13-14,23,35H2,1-2H3/t31-,33?/m0/s1. The van der Waals surface area contributed by atoms with Gasteiger partial charge in [-0.15, -0.1) is 0 Å². The zero-order valence-electron chi connectivity index (χ0n) is 22.2. The number of carbonyl (C=O) groups excluding carboxylic acids is 1. The fourth-order valence-electron chi connectivity index (χ4n) is 5.68. The number of carbonyl (C=O) groups is 1. The van der Waals surface area contributed by atoms with E-state index in [2.05, 4.69) is 38.1 Å². The molecule has 1 saturated carbocycles. The Morgan fingerprint density at radius 1 is 0.865 bits per heavy atom. The van der Waals surface area contributed by atoms with Gasteiger partial charge in [0.25, 0.3) is 0 Å². The number of halogens is 1. The third-order valence-electron chi connectivity index (χ3n) is 7.61. The van der Waals surface area contributed by atoms with Crippen molar-refractivity contribution in [3.05, 3.63) is 106 Å². The van der Waals surface area contributed by atoms with E-state index in [0.717, 1.165) is 16.7 Å². The fraction of sp³-hybridized carbons (Fsp3) is 0.424. The van der Waals surface area contributed by atoms with Crippen molar-refractivity contribution < 1.29 is 9.53 Å². The molecule has 37 heavy (non-hydrogen) atoms. The summed E-state index contributed by atoms with van der Waals surface area (Å²) in [6.45, 7) is 4.11. The number of hydrogen-bond donors (Lipinski definition) is 1. The van der Waals surface area contributed by atoms with Crippen LogP contribution in [-0.2, 0) is 15.1 Å². The SMILES string of the molecule is CC(C)C[C@H](N)C(=O)OC(c1ccccc1)(c1ccc(C2CCCCCCC2)cc1)c1ccccc1Cl. The summed E-state index contributed by atoms with van der Waals surface area (Å²) in [6.07, 6.45) is 9.58. The Morgan fingerprint density at radius 3 is 2.05 bits per heavy atom. The average molecular weight is 518 g/mol. The summed E-state index contributed by atoms with van der Waals surface area (Å²) in [5.74, 6) is 0.418. The van der Waals surface area contributed by atoms with E-state index in [9.17, 15) is 4.79 Å². The van der Waals surface area contributed by atoms with Gasteiger partial charge in [-0.3, -0.25) is 4.79 Å². The van der Waals surface area contributed by atoms with E-state index in [0.29, 0.717) is 17.4 Å². The molecule has 1 fully saturated rings. The Balaban J connectivity index is 1.83. The minimum atomic E-state index is -1.22. The lowest BCUT2D eigenvalue weighted by Crippen LogP contribution is -2.42. The molecular weight excluding hydrogens is 478 g/mol. The van der Waals surface area contributed by atoms with Crippen LogP contribution in [0.1, 0.15) is 93.4 Å². The summed E-state index contributed by atoms with van der Waals surface area (Å²) in [5, 5.41) is 0.542. The molecule has 2 atom stereocenters. The highest BCUT2D eigenvalue weighted by Crippen LogP contribution is 2.44. The number of esters is 1. The monoisotopic (exact) mass is 517 g/mol. The first kappa shape index (κ1) is 27.4. The molecule has 0 radical (unpaired) electrons. The van der Waals surface area contributed by atoms with Gasteiger partial charge in [-0.25, -0.2) is 0 Å². The topological polar surface area (TPSA) is 52.3 Å². The summed E-state index contributed by atoms with van der Waals surface area (Å²) < 4.78 is 6.51. The maximum Gasteiger partial charge on any atom is 0.324 e. The lowest BCUT2D eigenvalue weighted by Gasteiger charge is -2.37. The molecule has 0 spiro atoms. The molecule has 1 unspecified atom stereocenters. The summed E-state index contributed by atoms with van der Waals surface area (Å²) in [7, 11) is 0. The lowest BCUT2D eigenvalue weighted by atomic mass is 9.78. The molecule has 3 aromatic rings. The number of ether oxygens (including phenoxy) is 1. The van der Waals surface area contributed by atoms with Gasteiger partial charge in [-0.2, -0.15) is 0 Å². The minimum Gasteiger partial charge on any atom is -0.443 e. The molecule has 1 aliphatic rings. The van der Waals surface area contributed by atoms with Crippen LogP contribution in [0.25, 0.3) is 0 Å². The van der Waals surface area contributed by atoms with Crippen molar-refractivity contribution in [2.45, 2.75) is 82.8 Å². The van der Waals surface area contributed by atoms with Crippen molar-refractivity contribution in [1.82, 2.24) is 0 Å². The zero-order chi connectivity index (χ0) is 26.3. The van der Waals surface area contributed by atoms with Crippen molar-refractivity contribution in [3.8, 4) is 0 Å². The molecular formula is C33H40ClNO2. The van der Waals surface area contributed by atoms with Crippen LogP contribution in [0.5, 0.6) is 0 Å². The first-order chi connectivity index (χ1) is 17.9. The van der Waals surface area contributed by atoms with E-state index in [1.807, 2.05) is 54.6 Å². The zero-order valence-corrected chi connectivity index (χ0v) is 22.9. The van der Waals surface area contributed by atoms with E-state index in [-0.39, 0.29) is 5.92 Å². The quantitative estimate of drug-likeness (QED) is 0.241. The van der Waals surface area contributed by atoms with Gasteiger partial charge in [-0.1, -0.05) is 130 Å². The molecule has 4 heteroatoms. The number of rotatable bonds is 8. The molecule has 0 aromatic heterocycles. The number of nitrogens with two attached hydrogens (primary N) is 1. The molecule has 1 aliphatic carbocycles. The highest BCUT2D eigenvalue weighted by Gasteiger charge is 2.43. The largest absolute Gasteiger partial charge is 0.443 e. The smallest absolute Gasteiger partial charge is 0.324 e. The van der Waals surface area contributed by atoms with Gasteiger partial charge in [0, 0.05) is 21.7 Å². The second-order valence-corrected chi connectivity index (χ2v) is 11.3. The molecule has 0 heterocycles. The summed E-state index contributed by atoms with van der Waals surface area (Å²) in [6, 6.07) is 25.4. The Labute approximate surface area is 227 Å². The lowest BCUT2D eigenvalue weighted by molar-refractivity contribution is -0.155. The average Bonchev–Trinajstić information content (AvgIpc) is 2.88. The molecule has 3 aromatic carbocycles. The van der Waals surface area contributed by atoms with E-state index < -0.39 is 17.6 Å². The third-order valence-corrected chi connectivity index (χ3v) is 7.94. The van der Waals surface area contributed by atoms with Crippen molar-refractivity contribution in [3.63, 3.8) is 0 Å². The van der Waals surface area contributed by atoms with Crippen LogP contribution in [0.4, 0.5) is 0 Å². The van der Waals surface area contributed by atoms with Gasteiger partial charge in [0.15, 0.2) is 5.60 Å². The molecule has 0 amide bonds. The Kier molecular flexibility index (Phi) is 9.45. The van der Waals surface area contributed by atoms with E-state index in [1.165, 1.54) is 50.5 Å². The second kappa shape index (κ2) is 12.8. The van der Waals surface area contributed by atoms with Crippen LogP contribution < -0.4 is 5.73 Å². The highest BCUT2D eigenvalue weighted by molar-refractivity contribution is 6.31. The van der Waals surface area contributed by atoms with Crippen molar-refractivity contribution >= 4 is 17.6 Å². The van der Waals surface area contributed by atoms with Crippen molar-refractivity contribution in [2.24, 2.45) is 11.7 Å². The van der Waals surface area contributed by atoms with Crippen LogP contribution in [-0.4, -0.2) is 12.0 Å². The van der Waals surface area contributed by atoms with Gasteiger partial charge in [0.2, 0.25) is 0 Å². The molecule has 3 nitrogen and oxygen atoms in total. The molecule has 0 aliphatic heterocycles. The van der Waals surface area contributed by atoms with E-state index >= 15 is 0 Å². The van der Waals surface area contributed by atoms with Gasteiger partial charge < -0.3 is 10.5 Å². The summed E-state index contributed by atoms with van der Waals surface area (Å²) in [5.41, 5.74) is 8.91. The van der Waals surface area contributed by atoms with Crippen LogP contribution in [0.15, 0.2) is 78.9 Å². The van der Waals surface area contributed by atoms with Gasteiger partial charge in [0.05, 0.1) is 0 Å². The first-order valence-corrected chi connectivity index (χ1v) is 14.2. The fourth-order valence-corrected chi connectivity index (χ4v) is 5.95. The molecule has 0 bridgehead atoms. The maximum absolute atomic E-state index is 13.5. The summed E-state index contributed by atoms with van der Waals surface area (Å²) in [4.78, 5) is 13.5. The molecule has 4 rings (SSSR count). The Hall–Kier alpha value is -2.62. The molecule has 2 N–H and O–H groups in total. The van der Waals surface area contributed by atoms with Crippen LogP contribution in [0.2, 0.25) is 5.02 Å². The van der Waals surface area contributed by atoms with Gasteiger partial charge in [0.1, 0.15) is 6.04 Å². The highest BCUT2D eigenvalue weighted by atomic mass is 35.5. The van der Waals surface area contributed by atoms with Crippen molar-refractivity contribution in [1.29, 1.82) is 0 Å². The van der Waals surface area contributed by atoms with E-state index in [4.69, 9.17) is 22.1 Å². The van der Waals surface area contributed by atoms with Crippen LogP contribution in [0.3, 0.4) is 0 Å². The number of benzene rings is 3. The van der Waals surface area contributed by atoms with Crippen molar-refractivity contribution in [2.75, 3.05) is 0 Å². The first-order valence-electron chi connectivity index (χ1n) is 13.8. The minimum absolute atomic E-state index is 0.275. The van der Waals surface area contributed by atoms with Crippen LogP contribution >= 0.6 is 11.6 Å². The summed E-state index contributed by atoms with van der Waals surface area (Å²) >= 11 is 6.82. The van der Waals surface area contributed by atoms with E-state index in [1.54, 1.807) is 0 Å². The second-order valence-electron chi connectivity index (χ2n) is 10.8. The maximum atomic E-state index is 13.5. The van der Waals surface area contributed by atoms with Crippen LogP contribution in [0, 0.1) is 5.92 Å². The van der Waals surface area contributed by atoms with Gasteiger partial charge in [-0.05, 0) is 42.7 Å². The number of hydrogen-bond acceptors (Lipinski definition) is 3. The Morgan fingerprint density at radius 2 is 1.43 bits per heavy atom. The molecule has 0 saturated heterocycles. The third kappa shape index (κ3) is 6.45. The predicted octanol–water partition coefficient (Wildman–Crippen LogP) is 8.38. The van der Waals surface area contributed by atoms with Gasteiger partial charge >= 0.3 is 5.97 Å².